The molecule has 1 heterocycles. The van der Waals surface area contributed by atoms with E-state index in [2.05, 4.69) is 41.8 Å². The molecule has 4 nitrogen and oxygen atoms in total. The van der Waals surface area contributed by atoms with E-state index < -0.39 is 0 Å². The molecule has 0 radical (unpaired) electrons. The van der Waals surface area contributed by atoms with Gasteiger partial charge in [0.15, 0.2) is 0 Å². The van der Waals surface area contributed by atoms with E-state index >= 15 is 0 Å². The molecule has 3 aromatic rings. The third-order valence-corrected chi connectivity index (χ3v) is 4.69. The lowest BCUT2D eigenvalue weighted by atomic mass is 10.0. The highest BCUT2D eigenvalue weighted by atomic mass is 16.3. The van der Waals surface area contributed by atoms with Crippen LogP contribution in [0.15, 0.2) is 77.4 Å². The molecule has 0 fully saturated rings. The number of hydrogen-bond acceptors (Lipinski definition) is 3. The van der Waals surface area contributed by atoms with Gasteiger partial charge in [-0.3, -0.25) is 10.1 Å². The molecule has 2 aromatic carbocycles. The molecule has 27 heavy (non-hydrogen) atoms. The van der Waals surface area contributed by atoms with Crippen LogP contribution in [0.5, 0.6) is 0 Å². The van der Waals surface area contributed by atoms with Crippen LogP contribution in [0.25, 0.3) is 0 Å². The molecule has 0 unspecified atom stereocenters. The average Bonchev–Trinajstić information content (AvgIpc) is 3.23. The lowest BCUT2D eigenvalue weighted by molar-refractivity contribution is -0.121. The van der Waals surface area contributed by atoms with Crippen molar-refractivity contribution in [1.82, 2.24) is 10.6 Å². The number of furan rings is 1. The molecule has 0 aliphatic heterocycles. The topological polar surface area (TPSA) is 54.3 Å². The van der Waals surface area contributed by atoms with E-state index in [1.807, 2.05) is 49.4 Å². The summed E-state index contributed by atoms with van der Waals surface area (Å²) in [6.45, 7) is 4.34. The molecule has 0 spiro atoms. The molecular weight excluding hydrogens is 336 g/mol. The highest BCUT2D eigenvalue weighted by Crippen LogP contribution is 2.22. The van der Waals surface area contributed by atoms with Crippen LogP contribution in [0.3, 0.4) is 0 Å². The zero-order chi connectivity index (χ0) is 19.1. The van der Waals surface area contributed by atoms with Gasteiger partial charge >= 0.3 is 0 Å². The Bertz CT molecular complexity index is 827. The molecule has 4 heteroatoms. The molecule has 0 aliphatic rings. The largest absolute Gasteiger partial charge is 0.467 e. The number of carbonyl (C=O) groups is 1. The maximum Gasteiger partial charge on any atom is 0.234 e. The fourth-order valence-corrected chi connectivity index (χ4v) is 3.10. The van der Waals surface area contributed by atoms with Gasteiger partial charge in [-0.2, -0.15) is 0 Å². The Morgan fingerprint density at radius 1 is 0.963 bits per heavy atom. The normalized spacial score (nSPS) is 13.1. The van der Waals surface area contributed by atoms with Crippen LogP contribution in [0.1, 0.15) is 48.4 Å². The van der Waals surface area contributed by atoms with Crippen molar-refractivity contribution in [1.29, 1.82) is 0 Å². The zero-order valence-electron chi connectivity index (χ0n) is 15.8. The lowest BCUT2D eigenvalue weighted by Gasteiger charge is -2.19. The van der Waals surface area contributed by atoms with Crippen LogP contribution >= 0.6 is 0 Å². The summed E-state index contributed by atoms with van der Waals surface area (Å²) >= 11 is 0. The van der Waals surface area contributed by atoms with Crippen molar-refractivity contribution in [3.05, 3.63) is 95.4 Å². The minimum Gasteiger partial charge on any atom is -0.467 e. The average molecular weight is 362 g/mol. The van der Waals surface area contributed by atoms with Gasteiger partial charge in [0.1, 0.15) is 5.76 Å². The van der Waals surface area contributed by atoms with Crippen molar-refractivity contribution in [2.45, 2.75) is 32.4 Å². The second-order valence-corrected chi connectivity index (χ2v) is 6.62. The van der Waals surface area contributed by atoms with Gasteiger partial charge in [0.25, 0.3) is 0 Å². The molecule has 1 aromatic heterocycles. The molecule has 3 rings (SSSR count). The Labute approximate surface area is 160 Å². The van der Waals surface area contributed by atoms with Crippen LogP contribution < -0.4 is 10.6 Å². The van der Waals surface area contributed by atoms with E-state index in [4.69, 9.17) is 4.42 Å². The highest BCUT2D eigenvalue weighted by Gasteiger charge is 2.18. The SMILES string of the molecule is CCc1ccc([C@@H](C)NC(=O)CN[C@@H](c2ccccc2)c2ccco2)cc1. The van der Waals surface area contributed by atoms with Crippen molar-refractivity contribution in [2.75, 3.05) is 6.54 Å². The summed E-state index contributed by atoms with van der Waals surface area (Å²) in [5.41, 5.74) is 3.46. The number of rotatable bonds is 8. The van der Waals surface area contributed by atoms with Crippen LogP contribution in [0.4, 0.5) is 0 Å². The number of benzene rings is 2. The van der Waals surface area contributed by atoms with Crippen molar-refractivity contribution in [2.24, 2.45) is 0 Å². The molecule has 2 N–H and O–H groups in total. The Hall–Kier alpha value is -2.85. The van der Waals surface area contributed by atoms with Crippen LogP contribution in [0.2, 0.25) is 0 Å². The van der Waals surface area contributed by atoms with Crippen molar-refractivity contribution in [3.8, 4) is 0 Å². The third-order valence-electron chi connectivity index (χ3n) is 4.69. The lowest BCUT2D eigenvalue weighted by Crippen LogP contribution is -2.37. The van der Waals surface area contributed by atoms with Crippen molar-refractivity contribution >= 4 is 5.91 Å². The number of hydrogen-bond donors (Lipinski definition) is 2. The zero-order valence-corrected chi connectivity index (χ0v) is 15.8. The summed E-state index contributed by atoms with van der Waals surface area (Å²) < 4.78 is 5.56. The fourth-order valence-electron chi connectivity index (χ4n) is 3.10. The van der Waals surface area contributed by atoms with Gasteiger partial charge in [0.2, 0.25) is 5.91 Å². The van der Waals surface area contributed by atoms with Gasteiger partial charge in [0, 0.05) is 0 Å². The van der Waals surface area contributed by atoms with Crippen molar-refractivity contribution < 1.29 is 9.21 Å². The molecule has 1 amide bonds. The highest BCUT2D eigenvalue weighted by molar-refractivity contribution is 5.78. The number of carbonyl (C=O) groups excluding carboxylic acids is 1. The molecule has 0 aliphatic carbocycles. The predicted molar refractivity (Wildman–Crippen MR) is 107 cm³/mol. The maximum atomic E-state index is 12.5. The molecule has 0 saturated carbocycles. The van der Waals surface area contributed by atoms with Crippen LogP contribution in [0, 0.1) is 0 Å². The van der Waals surface area contributed by atoms with Crippen molar-refractivity contribution in [3.63, 3.8) is 0 Å². The van der Waals surface area contributed by atoms with Crippen LogP contribution in [-0.4, -0.2) is 12.5 Å². The van der Waals surface area contributed by atoms with E-state index in [1.165, 1.54) is 5.56 Å². The molecule has 140 valence electrons. The standard InChI is InChI=1S/C23H26N2O2/c1-3-18-11-13-19(14-12-18)17(2)25-22(26)16-24-23(21-10-7-15-27-21)20-8-5-4-6-9-20/h4-15,17,23-24H,3,16H2,1-2H3,(H,25,26)/t17-,23+/m1/s1. The second-order valence-electron chi connectivity index (χ2n) is 6.62. The number of amides is 1. The first-order valence-electron chi connectivity index (χ1n) is 9.37. The first-order chi connectivity index (χ1) is 13.2. The summed E-state index contributed by atoms with van der Waals surface area (Å²) in [7, 11) is 0. The Morgan fingerprint density at radius 2 is 1.70 bits per heavy atom. The van der Waals surface area contributed by atoms with E-state index in [9.17, 15) is 4.79 Å². The van der Waals surface area contributed by atoms with Gasteiger partial charge in [-0.1, -0.05) is 61.5 Å². The van der Waals surface area contributed by atoms with E-state index in [1.54, 1.807) is 6.26 Å². The third kappa shape index (κ3) is 5.08. The summed E-state index contributed by atoms with van der Waals surface area (Å²) in [5.74, 6) is 0.742. The maximum absolute atomic E-state index is 12.5. The summed E-state index contributed by atoms with van der Waals surface area (Å²) in [6, 6.07) is 21.9. The first kappa shape index (κ1) is 18.9. The van der Waals surface area contributed by atoms with Gasteiger partial charge in [-0.25, -0.2) is 0 Å². The summed E-state index contributed by atoms with van der Waals surface area (Å²) in [5, 5.41) is 6.36. The molecular formula is C23H26N2O2. The van der Waals surface area contributed by atoms with E-state index in [0.29, 0.717) is 0 Å². The number of aryl methyl sites for hydroxylation is 1. The van der Waals surface area contributed by atoms with E-state index in [-0.39, 0.29) is 24.5 Å². The summed E-state index contributed by atoms with van der Waals surface area (Å²) in [4.78, 5) is 12.5. The molecule has 0 bridgehead atoms. The Balaban J connectivity index is 1.60. The van der Waals surface area contributed by atoms with Gasteiger partial charge in [-0.15, -0.1) is 0 Å². The molecule has 2 atom stereocenters. The first-order valence-corrected chi connectivity index (χ1v) is 9.37. The minimum atomic E-state index is -0.161. The second kappa shape index (κ2) is 9.19. The van der Waals surface area contributed by atoms with Gasteiger partial charge in [-0.05, 0) is 42.2 Å². The smallest absolute Gasteiger partial charge is 0.234 e. The predicted octanol–water partition coefficient (Wildman–Crippen LogP) is 4.40. The Kier molecular flexibility index (Phi) is 6.44. The monoisotopic (exact) mass is 362 g/mol. The van der Waals surface area contributed by atoms with Gasteiger partial charge < -0.3 is 9.73 Å². The van der Waals surface area contributed by atoms with Gasteiger partial charge in [0.05, 0.1) is 24.9 Å². The quantitative estimate of drug-likeness (QED) is 0.624. The number of nitrogens with one attached hydrogen (secondary N) is 2. The fraction of sp³-hybridized carbons (Fsp3) is 0.261. The minimum absolute atomic E-state index is 0.0380. The van der Waals surface area contributed by atoms with Crippen LogP contribution in [-0.2, 0) is 11.2 Å². The summed E-state index contributed by atoms with van der Waals surface area (Å²) in [6.07, 6.45) is 2.66. The molecule has 0 saturated heterocycles. The Morgan fingerprint density at radius 3 is 2.33 bits per heavy atom. The van der Waals surface area contributed by atoms with E-state index in [0.717, 1.165) is 23.3 Å².